The standard InChI is InChI=1S/2C11H19O2.Ba/c2*1-10(2,3)8(12)7-9(13)11(4,5)6;/h2*1,7H2,2-6H3;. The summed E-state index contributed by atoms with van der Waals surface area (Å²) in [7, 11) is 0. The van der Waals surface area contributed by atoms with E-state index in [1.165, 1.54) is 0 Å². The molecule has 0 radical (unpaired) electrons. The van der Waals surface area contributed by atoms with Crippen LogP contribution in [0.25, 0.3) is 0 Å². The molecule has 0 aromatic carbocycles. The van der Waals surface area contributed by atoms with Crippen molar-refractivity contribution in [1.82, 2.24) is 0 Å². The van der Waals surface area contributed by atoms with E-state index in [9.17, 15) is 19.2 Å². The molecular weight excluding hydrogens is 466 g/mol. The van der Waals surface area contributed by atoms with Crippen LogP contribution < -0.4 is 0 Å². The summed E-state index contributed by atoms with van der Waals surface area (Å²) in [4.78, 5) is 49.4. The van der Waals surface area contributed by atoms with E-state index < -0.39 is 65.8 Å². The van der Waals surface area contributed by atoms with Gasteiger partial charge >= 0.3 is 192 Å². The third kappa shape index (κ3) is 9.53. The minimum absolute atomic E-state index is 0.00719. The Morgan fingerprint density at radius 3 is 1.00 bits per heavy atom. The summed E-state index contributed by atoms with van der Waals surface area (Å²) < 4.78 is 1.68. The van der Waals surface area contributed by atoms with Crippen molar-refractivity contribution < 1.29 is 19.2 Å². The number of carbonyl (C=O) groups excluding carboxylic acids is 4. The van der Waals surface area contributed by atoms with Gasteiger partial charge in [-0.15, -0.1) is 0 Å². The minimum atomic E-state index is -1.51. The topological polar surface area (TPSA) is 68.3 Å². The molecule has 0 N–H and O–H groups in total. The molecule has 27 heavy (non-hydrogen) atoms. The predicted molar refractivity (Wildman–Crippen MR) is 111 cm³/mol. The first kappa shape index (κ1) is 27.3. The molecule has 0 aromatic rings. The molecule has 0 amide bonds. The molecule has 0 aromatic heterocycles. The molecule has 0 saturated carbocycles. The number of ketones is 4. The quantitative estimate of drug-likeness (QED) is 0.319. The molecule has 0 fully saturated rings. The zero-order chi connectivity index (χ0) is 21.8. The summed E-state index contributed by atoms with van der Waals surface area (Å²) in [6, 6.07) is 0. The van der Waals surface area contributed by atoms with E-state index in [1.54, 1.807) is 0 Å². The number of hydrogen-bond acceptors (Lipinski definition) is 4. The first-order valence-electron chi connectivity index (χ1n) is 9.94. The van der Waals surface area contributed by atoms with Crippen LogP contribution in [0.15, 0.2) is 0 Å². The van der Waals surface area contributed by atoms with Crippen LogP contribution in [-0.4, -0.2) is 67.3 Å². The molecule has 0 aliphatic rings. The Hall–Kier alpha value is 0.251. The molecule has 152 valence electrons. The summed E-state index contributed by atoms with van der Waals surface area (Å²) in [6.07, 6.45) is -0.0144. The zero-order valence-electron chi connectivity index (χ0n) is 19.2. The van der Waals surface area contributed by atoms with Crippen LogP contribution in [0.2, 0.25) is 1.78 Å². The molecule has 4 nitrogen and oxygen atoms in total. The Labute approximate surface area is 190 Å². The van der Waals surface area contributed by atoms with Crippen molar-refractivity contribution in [3.63, 3.8) is 0 Å². The molecule has 0 aliphatic heterocycles. The molecule has 0 unspecified atom stereocenters. The molecule has 0 spiro atoms. The zero-order valence-corrected chi connectivity index (χ0v) is 23.6. The van der Waals surface area contributed by atoms with Crippen LogP contribution in [0.5, 0.6) is 0 Å². The van der Waals surface area contributed by atoms with E-state index in [1.807, 2.05) is 69.2 Å². The fourth-order valence-electron chi connectivity index (χ4n) is 2.55. The average Bonchev–Trinajstić information content (AvgIpc) is 2.44. The number of rotatable bonds is 10. The van der Waals surface area contributed by atoms with Gasteiger partial charge in [0.2, 0.25) is 0 Å². The number of hydrogen-bond donors (Lipinski definition) is 0. The summed E-state index contributed by atoms with van der Waals surface area (Å²) >= 11 is -1.51. The van der Waals surface area contributed by atoms with Crippen molar-refractivity contribution in [3.05, 3.63) is 0 Å². The second-order valence-electron chi connectivity index (χ2n) is 11.2. The Balaban J connectivity index is 4.74. The number of Topliss-reactive ketones (excluding diaryl/α,β-unsaturated/α-hetero) is 4. The van der Waals surface area contributed by atoms with Gasteiger partial charge in [0.05, 0.1) is 0 Å². The molecular formula is C22H38BaO4. The van der Waals surface area contributed by atoms with Gasteiger partial charge in [0.25, 0.3) is 0 Å². The summed E-state index contributed by atoms with van der Waals surface area (Å²) in [5.41, 5.74) is -1.99. The van der Waals surface area contributed by atoms with E-state index in [-0.39, 0.29) is 36.0 Å². The van der Waals surface area contributed by atoms with E-state index in [2.05, 4.69) is 0 Å². The van der Waals surface area contributed by atoms with E-state index in [4.69, 9.17) is 0 Å². The van der Waals surface area contributed by atoms with Crippen LogP contribution in [-0.2, 0) is 19.2 Å². The first-order valence-corrected chi connectivity index (χ1v) is 16.2. The van der Waals surface area contributed by atoms with Crippen LogP contribution in [0.3, 0.4) is 0 Å². The van der Waals surface area contributed by atoms with Gasteiger partial charge in [0, 0.05) is 0 Å². The number of carbonyl (C=O) groups is 4. The van der Waals surface area contributed by atoms with Crippen LogP contribution in [0.4, 0.5) is 0 Å². The Bertz CT molecular complexity index is 534. The van der Waals surface area contributed by atoms with Gasteiger partial charge in [0.1, 0.15) is 0 Å². The van der Waals surface area contributed by atoms with Crippen molar-refractivity contribution in [3.8, 4) is 0 Å². The molecule has 0 saturated heterocycles. The molecule has 0 aliphatic carbocycles. The van der Waals surface area contributed by atoms with E-state index in [0.717, 1.165) is 1.78 Å². The summed E-state index contributed by atoms with van der Waals surface area (Å²) in [5, 5.41) is 0. The molecule has 0 heterocycles. The van der Waals surface area contributed by atoms with Gasteiger partial charge in [-0.25, -0.2) is 0 Å². The van der Waals surface area contributed by atoms with Gasteiger partial charge in [-0.2, -0.15) is 0 Å². The summed E-state index contributed by atoms with van der Waals surface area (Å²) in [6.45, 7) is 18.7. The Morgan fingerprint density at radius 1 is 0.519 bits per heavy atom. The first-order chi connectivity index (χ1) is 11.8. The Morgan fingerprint density at radius 2 is 0.778 bits per heavy atom. The van der Waals surface area contributed by atoms with Gasteiger partial charge in [0.15, 0.2) is 0 Å². The van der Waals surface area contributed by atoms with Gasteiger partial charge in [-0.3, -0.25) is 0 Å². The molecule has 0 rings (SSSR count). The van der Waals surface area contributed by atoms with Gasteiger partial charge in [-0.05, 0) is 0 Å². The van der Waals surface area contributed by atoms with Crippen molar-refractivity contribution in [1.29, 1.82) is 0 Å². The fraction of sp³-hybridized carbons (Fsp3) is 0.818. The second-order valence-corrected chi connectivity index (χ2v) is 16.5. The van der Waals surface area contributed by atoms with Crippen LogP contribution >= 0.6 is 0 Å². The average molecular weight is 504 g/mol. The van der Waals surface area contributed by atoms with Crippen LogP contribution in [0.1, 0.15) is 82.1 Å². The van der Waals surface area contributed by atoms with E-state index >= 15 is 0 Å². The van der Waals surface area contributed by atoms with Gasteiger partial charge < -0.3 is 0 Å². The monoisotopic (exact) mass is 504 g/mol. The van der Waals surface area contributed by atoms with Crippen molar-refractivity contribution >= 4 is 67.3 Å². The molecule has 5 heteroatoms. The van der Waals surface area contributed by atoms with Crippen LogP contribution in [0, 0.1) is 21.7 Å². The third-order valence-corrected chi connectivity index (χ3v) is 15.5. The fourth-order valence-corrected chi connectivity index (χ4v) is 10.4. The SMILES string of the molecule is CC(C)(C)C(=O)CC(=O)C(C)(C)[CH2][Ba][CH2]C(C)(C)C(=O)CC(=O)C(C)(C)C. The normalized spacial score (nSPS) is 13.1. The predicted octanol–water partition coefficient (Wildman–Crippen LogP) is 4.73. The maximum absolute atomic E-state index is 12.6. The van der Waals surface area contributed by atoms with E-state index in [0.29, 0.717) is 0 Å². The molecule has 0 atom stereocenters. The van der Waals surface area contributed by atoms with Crippen molar-refractivity contribution in [2.75, 3.05) is 0 Å². The van der Waals surface area contributed by atoms with Gasteiger partial charge in [-0.1, -0.05) is 0 Å². The second kappa shape index (κ2) is 9.84. The molecule has 0 bridgehead atoms. The van der Waals surface area contributed by atoms with Crippen molar-refractivity contribution in [2.45, 2.75) is 83.9 Å². The Kier molecular flexibility index (Phi) is 9.93. The van der Waals surface area contributed by atoms with Crippen molar-refractivity contribution in [2.24, 2.45) is 21.7 Å². The third-order valence-electron chi connectivity index (χ3n) is 5.43. The summed E-state index contributed by atoms with van der Waals surface area (Å²) in [5.74, 6) is -0.0224. The maximum atomic E-state index is 12.6.